The second kappa shape index (κ2) is 10.1. The zero-order valence-corrected chi connectivity index (χ0v) is 23.6. The highest BCUT2D eigenvalue weighted by molar-refractivity contribution is 14.1. The van der Waals surface area contributed by atoms with Crippen LogP contribution in [-0.4, -0.2) is 17.6 Å². The second-order valence-electron chi connectivity index (χ2n) is 8.77. The number of furan rings is 1. The molecular formula is C28H24IN3O4S. The van der Waals surface area contributed by atoms with Crippen LogP contribution in [0.2, 0.25) is 0 Å². The lowest BCUT2D eigenvalue weighted by molar-refractivity contribution is -0.113. The molecule has 0 spiro atoms. The summed E-state index contributed by atoms with van der Waals surface area (Å²) >= 11 is 3.36. The van der Waals surface area contributed by atoms with Crippen LogP contribution in [0.4, 0.5) is 5.69 Å². The van der Waals surface area contributed by atoms with E-state index in [1.165, 1.54) is 11.3 Å². The van der Waals surface area contributed by atoms with Crippen LogP contribution in [0.25, 0.3) is 6.08 Å². The molecule has 0 bridgehead atoms. The monoisotopic (exact) mass is 625 g/mol. The second-order valence-corrected chi connectivity index (χ2v) is 10.8. The molecule has 3 heterocycles. The Kier molecular flexibility index (Phi) is 6.91. The summed E-state index contributed by atoms with van der Waals surface area (Å²) in [6.07, 6.45) is 1.71. The highest BCUT2D eigenvalue weighted by atomic mass is 127. The number of nitrogens with one attached hydrogen (secondary N) is 1. The van der Waals surface area contributed by atoms with Crippen molar-refractivity contribution < 1.29 is 13.9 Å². The number of carbonyl (C=O) groups excluding carboxylic acids is 1. The molecule has 188 valence electrons. The van der Waals surface area contributed by atoms with E-state index in [0.717, 1.165) is 20.5 Å². The van der Waals surface area contributed by atoms with Crippen LogP contribution in [0.5, 0.6) is 5.75 Å². The van der Waals surface area contributed by atoms with E-state index in [9.17, 15) is 9.59 Å². The number of aromatic nitrogens is 1. The van der Waals surface area contributed by atoms with Crippen molar-refractivity contribution in [2.75, 3.05) is 12.4 Å². The normalized spacial score (nSPS) is 15.4. The maximum Gasteiger partial charge on any atom is 0.271 e. The van der Waals surface area contributed by atoms with Crippen molar-refractivity contribution in [1.82, 2.24) is 4.57 Å². The zero-order chi connectivity index (χ0) is 26.3. The van der Waals surface area contributed by atoms with Gasteiger partial charge in [-0.2, -0.15) is 0 Å². The summed E-state index contributed by atoms with van der Waals surface area (Å²) in [6, 6.07) is 16.2. The number of halogens is 1. The van der Waals surface area contributed by atoms with Crippen molar-refractivity contribution in [2.24, 2.45) is 4.99 Å². The molecule has 0 unspecified atom stereocenters. The van der Waals surface area contributed by atoms with Gasteiger partial charge < -0.3 is 14.5 Å². The molecule has 2 aromatic heterocycles. The first kappa shape index (κ1) is 25.2. The number of thiazole rings is 1. The van der Waals surface area contributed by atoms with Gasteiger partial charge in [-0.05, 0) is 84.8 Å². The van der Waals surface area contributed by atoms with Gasteiger partial charge in [0, 0.05) is 11.8 Å². The van der Waals surface area contributed by atoms with Crippen LogP contribution in [-0.2, 0) is 4.79 Å². The summed E-state index contributed by atoms with van der Waals surface area (Å²) in [5.41, 5.74) is 4.30. The first-order valence-corrected chi connectivity index (χ1v) is 13.4. The quantitative estimate of drug-likeness (QED) is 0.326. The highest BCUT2D eigenvalue weighted by Crippen LogP contribution is 2.32. The molecule has 37 heavy (non-hydrogen) atoms. The molecule has 2 aromatic carbocycles. The number of ether oxygens (including phenoxy) is 1. The van der Waals surface area contributed by atoms with Crippen molar-refractivity contribution in [3.8, 4) is 5.75 Å². The molecule has 0 saturated carbocycles. The Morgan fingerprint density at radius 3 is 2.54 bits per heavy atom. The SMILES string of the molecule is COc1ccc([C@H]2C(C(=O)Nc3ccc(C)cc3C)=C(C)N=c3s/c(=C/c4ccc(I)o4)c(=O)n32)cc1. The van der Waals surface area contributed by atoms with Gasteiger partial charge in [0.05, 0.1) is 29.0 Å². The van der Waals surface area contributed by atoms with E-state index in [1.807, 2.05) is 68.4 Å². The average molecular weight is 625 g/mol. The van der Waals surface area contributed by atoms with Crippen LogP contribution < -0.4 is 24.9 Å². The van der Waals surface area contributed by atoms with Crippen molar-refractivity contribution in [3.05, 3.63) is 112 Å². The lowest BCUT2D eigenvalue weighted by Gasteiger charge is -2.25. The van der Waals surface area contributed by atoms with E-state index in [2.05, 4.69) is 32.9 Å². The number of fused-ring (bicyclic) bond motifs is 1. The molecule has 0 saturated heterocycles. The minimum absolute atomic E-state index is 0.236. The Labute approximate surface area is 231 Å². The molecule has 4 aromatic rings. The first-order valence-electron chi connectivity index (χ1n) is 11.6. The Bertz CT molecular complexity index is 1730. The maximum atomic E-state index is 13.8. The van der Waals surface area contributed by atoms with Crippen LogP contribution in [0.15, 0.2) is 80.1 Å². The van der Waals surface area contributed by atoms with Crippen LogP contribution in [0, 0.1) is 17.6 Å². The Morgan fingerprint density at radius 2 is 1.89 bits per heavy atom. The maximum absolute atomic E-state index is 13.8. The van der Waals surface area contributed by atoms with Crippen molar-refractivity contribution in [1.29, 1.82) is 0 Å². The minimum Gasteiger partial charge on any atom is -0.497 e. The molecule has 9 heteroatoms. The largest absolute Gasteiger partial charge is 0.497 e. The van der Waals surface area contributed by atoms with Crippen LogP contribution in [0.3, 0.4) is 0 Å². The Balaban J connectivity index is 1.66. The number of anilines is 1. The Hall–Kier alpha value is -3.44. The number of benzene rings is 2. The van der Waals surface area contributed by atoms with Gasteiger partial charge in [-0.15, -0.1) is 0 Å². The van der Waals surface area contributed by atoms with Gasteiger partial charge >= 0.3 is 0 Å². The number of allylic oxidation sites excluding steroid dienone is 1. The summed E-state index contributed by atoms with van der Waals surface area (Å²) < 4.78 is 13.8. The number of hydrogen-bond donors (Lipinski definition) is 1. The molecule has 5 rings (SSSR count). The van der Waals surface area contributed by atoms with Gasteiger partial charge in [-0.3, -0.25) is 14.2 Å². The molecule has 1 atom stereocenters. The van der Waals surface area contributed by atoms with Crippen LogP contribution in [0.1, 0.15) is 35.4 Å². The minimum atomic E-state index is -0.660. The van der Waals surface area contributed by atoms with Crippen molar-refractivity contribution in [2.45, 2.75) is 26.8 Å². The van der Waals surface area contributed by atoms with E-state index in [1.54, 1.807) is 24.7 Å². The number of aryl methyl sites for hydroxylation is 2. The lowest BCUT2D eigenvalue weighted by atomic mass is 9.95. The number of hydrogen-bond acceptors (Lipinski definition) is 6. The fraction of sp³-hybridized carbons (Fsp3) is 0.179. The summed E-state index contributed by atoms with van der Waals surface area (Å²) in [4.78, 5) is 32.7. The third-order valence-electron chi connectivity index (χ3n) is 6.20. The summed E-state index contributed by atoms with van der Waals surface area (Å²) in [5.74, 6) is 0.966. The number of rotatable bonds is 5. The van der Waals surface area contributed by atoms with E-state index < -0.39 is 6.04 Å². The predicted octanol–water partition coefficient (Wildman–Crippen LogP) is 4.70. The van der Waals surface area contributed by atoms with Crippen LogP contribution >= 0.6 is 33.9 Å². The van der Waals surface area contributed by atoms with Gasteiger partial charge in [0.2, 0.25) is 0 Å². The highest BCUT2D eigenvalue weighted by Gasteiger charge is 2.32. The molecule has 1 N–H and O–H groups in total. The number of carbonyl (C=O) groups is 1. The molecule has 7 nitrogen and oxygen atoms in total. The lowest BCUT2D eigenvalue weighted by Crippen LogP contribution is -2.40. The number of methoxy groups -OCH3 is 1. The molecule has 1 amide bonds. The molecule has 1 aliphatic rings. The fourth-order valence-electron chi connectivity index (χ4n) is 4.39. The predicted molar refractivity (Wildman–Crippen MR) is 153 cm³/mol. The molecule has 0 radical (unpaired) electrons. The van der Waals surface area contributed by atoms with Crippen molar-refractivity contribution in [3.63, 3.8) is 0 Å². The standard InChI is InChI=1S/C28H24IN3O4S/c1-15-5-11-21(16(2)13-15)31-26(33)24-17(3)30-28-32(25(24)18-6-8-19(35-4)9-7-18)27(34)22(37-28)14-20-10-12-23(29)36-20/h5-14,25H,1-4H3,(H,31,33)/b22-14+/t25-/m0/s1. The average Bonchev–Trinajstić information content (AvgIpc) is 3.42. The van der Waals surface area contributed by atoms with Crippen molar-refractivity contribution >= 4 is 51.6 Å². The van der Waals surface area contributed by atoms with E-state index in [0.29, 0.717) is 37.8 Å². The van der Waals surface area contributed by atoms with E-state index in [-0.39, 0.29) is 11.5 Å². The molecular weight excluding hydrogens is 601 g/mol. The summed E-state index contributed by atoms with van der Waals surface area (Å²) in [7, 11) is 1.60. The third kappa shape index (κ3) is 4.93. The van der Waals surface area contributed by atoms with Gasteiger partial charge in [-0.25, -0.2) is 4.99 Å². The topological polar surface area (TPSA) is 85.8 Å². The van der Waals surface area contributed by atoms with Gasteiger partial charge in [0.15, 0.2) is 8.57 Å². The molecule has 0 aliphatic carbocycles. The summed E-state index contributed by atoms with van der Waals surface area (Å²) in [6.45, 7) is 5.77. The smallest absolute Gasteiger partial charge is 0.271 e. The number of amides is 1. The first-order chi connectivity index (χ1) is 17.7. The zero-order valence-electron chi connectivity index (χ0n) is 20.7. The fourth-order valence-corrected chi connectivity index (χ4v) is 5.85. The van der Waals surface area contributed by atoms with E-state index >= 15 is 0 Å². The van der Waals surface area contributed by atoms with Gasteiger partial charge in [0.25, 0.3) is 11.5 Å². The summed E-state index contributed by atoms with van der Waals surface area (Å²) in [5, 5.41) is 3.04. The van der Waals surface area contributed by atoms with Gasteiger partial charge in [0.1, 0.15) is 11.5 Å². The Morgan fingerprint density at radius 1 is 1.14 bits per heavy atom. The number of nitrogens with zero attached hydrogens (tertiary/aromatic N) is 2. The molecule has 0 fully saturated rings. The molecule has 1 aliphatic heterocycles. The van der Waals surface area contributed by atoms with Gasteiger partial charge in [-0.1, -0.05) is 41.2 Å². The third-order valence-corrected chi connectivity index (χ3v) is 7.76. The van der Waals surface area contributed by atoms with E-state index in [4.69, 9.17) is 9.15 Å².